The van der Waals surface area contributed by atoms with E-state index in [0.29, 0.717) is 25.9 Å². The first-order valence-corrected chi connectivity index (χ1v) is 8.09. The lowest BCUT2D eigenvalue weighted by Gasteiger charge is -2.15. The lowest BCUT2D eigenvalue weighted by Crippen LogP contribution is -2.42. The van der Waals surface area contributed by atoms with Crippen LogP contribution in [0.2, 0.25) is 0 Å². The van der Waals surface area contributed by atoms with Gasteiger partial charge in [-0.1, -0.05) is 18.2 Å². The van der Waals surface area contributed by atoms with E-state index in [2.05, 4.69) is 15.6 Å². The summed E-state index contributed by atoms with van der Waals surface area (Å²) in [7, 11) is 3.44. The standard InChI is InChI=1S/C17H27N3O3.HI/c1-18-17(20-12-15-7-5-10-23-15)19-9-11-22-13-14-6-3-4-8-16(14)21-2;/h3-4,6,8,15H,5,7,9-13H2,1-2H3,(H2,18,19,20);1H. The van der Waals surface area contributed by atoms with Gasteiger partial charge in [0.05, 0.1) is 26.4 Å². The van der Waals surface area contributed by atoms with Crippen molar-refractivity contribution in [1.82, 2.24) is 10.6 Å². The number of hydrogen-bond donors (Lipinski definition) is 2. The van der Waals surface area contributed by atoms with Gasteiger partial charge in [0.1, 0.15) is 5.75 Å². The second-order valence-electron chi connectivity index (χ2n) is 5.38. The van der Waals surface area contributed by atoms with E-state index in [1.807, 2.05) is 24.3 Å². The highest BCUT2D eigenvalue weighted by Crippen LogP contribution is 2.17. The second-order valence-corrected chi connectivity index (χ2v) is 5.38. The first kappa shape index (κ1) is 21.0. The molecule has 1 aliphatic heterocycles. The number of rotatable bonds is 8. The van der Waals surface area contributed by atoms with Crippen molar-refractivity contribution >= 4 is 29.9 Å². The van der Waals surface area contributed by atoms with Gasteiger partial charge in [0.25, 0.3) is 0 Å². The van der Waals surface area contributed by atoms with Gasteiger partial charge in [0, 0.05) is 32.3 Å². The molecule has 136 valence electrons. The summed E-state index contributed by atoms with van der Waals surface area (Å²) in [5, 5.41) is 6.51. The molecule has 1 aliphatic rings. The topological polar surface area (TPSA) is 64.1 Å². The Labute approximate surface area is 161 Å². The summed E-state index contributed by atoms with van der Waals surface area (Å²) in [6.07, 6.45) is 2.57. The molecule has 0 saturated carbocycles. The molecule has 0 spiro atoms. The van der Waals surface area contributed by atoms with Gasteiger partial charge < -0.3 is 24.8 Å². The molecule has 0 aromatic heterocycles. The number of halogens is 1. The zero-order valence-corrected chi connectivity index (χ0v) is 16.7. The van der Waals surface area contributed by atoms with Gasteiger partial charge in [0.15, 0.2) is 5.96 Å². The van der Waals surface area contributed by atoms with Crippen LogP contribution in [-0.2, 0) is 16.1 Å². The Morgan fingerprint density at radius 2 is 2.17 bits per heavy atom. The summed E-state index contributed by atoms with van der Waals surface area (Å²) in [5.41, 5.74) is 1.05. The maximum Gasteiger partial charge on any atom is 0.191 e. The van der Waals surface area contributed by atoms with Crippen molar-refractivity contribution in [2.24, 2.45) is 4.99 Å². The summed E-state index contributed by atoms with van der Waals surface area (Å²) in [6, 6.07) is 7.88. The average Bonchev–Trinajstić information content (AvgIpc) is 3.11. The molecule has 7 heteroatoms. The molecule has 0 radical (unpaired) electrons. The van der Waals surface area contributed by atoms with Crippen LogP contribution < -0.4 is 15.4 Å². The number of ether oxygens (including phenoxy) is 3. The summed E-state index contributed by atoms with van der Waals surface area (Å²) in [5.74, 6) is 1.64. The molecule has 1 aromatic rings. The Hall–Kier alpha value is -1.06. The Morgan fingerprint density at radius 1 is 1.33 bits per heavy atom. The first-order valence-electron chi connectivity index (χ1n) is 8.09. The van der Waals surface area contributed by atoms with E-state index < -0.39 is 0 Å². The Balaban J connectivity index is 0.00000288. The highest BCUT2D eigenvalue weighted by Gasteiger charge is 2.15. The van der Waals surface area contributed by atoms with Crippen LogP contribution >= 0.6 is 24.0 Å². The van der Waals surface area contributed by atoms with Gasteiger partial charge >= 0.3 is 0 Å². The van der Waals surface area contributed by atoms with E-state index in [1.165, 1.54) is 0 Å². The van der Waals surface area contributed by atoms with Gasteiger partial charge in [0.2, 0.25) is 0 Å². The molecule has 0 aliphatic carbocycles. The first-order chi connectivity index (χ1) is 11.3. The molecular formula is C17H28IN3O3. The number of nitrogens with one attached hydrogen (secondary N) is 2. The van der Waals surface area contributed by atoms with Crippen molar-refractivity contribution < 1.29 is 14.2 Å². The van der Waals surface area contributed by atoms with Crippen molar-refractivity contribution in [3.05, 3.63) is 29.8 Å². The van der Waals surface area contributed by atoms with Crippen molar-refractivity contribution in [2.45, 2.75) is 25.6 Å². The highest BCUT2D eigenvalue weighted by atomic mass is 127. The van der Waals surface area contributed by atoms with Crippen LogP contribution in [-0.4, -0.2) is 52.5 Å². The molecule has 2 rings (SSSR count). The Bertz CT molecular complexity index is 494. The normalized spacial score (nSPS) is 17.2. The second kappa shape index (κ2) is 12.3. The molecule has 1 saturated heterocycles. The number of guanidine groups is 1. The number of benzene rings is 1. The predicted octanol–water partition coefficient (Wildman–Crippen LogP) is 2.17. The molecule has 0 bridgehead atoms. The van der Waals surface area contributed by atoms with Crippen LogP contribution in [0.5, 0.6) is 5.75 Å². The van der Waals surface area contributed by atoms with Crippen molar-refractivity contribution in [2.75, 3.05) is 40.5 Å². The third kappa shape index (κ3) is 7.23. The van der Waals surface area contributed by atoms with Crippen molar-refractivity contribution in [1.29, 1.82) is 0 Å². The summed E-state index contributed by atoms with van der Waals surface area (Å²) in [4.78, 5) is 4.20. The molecule has 1 heterocycles. The van der Waals surface area contributed by atoms with E-state index >= 15 is 0 Å². The quantitative estimate of drug-likeness (QED) is 0.276. The fourth-order valence-electron chi connectivity index (χ4n) is 2.48. The number of nitrogens with zero attached hydrogens (tertiary/aromatic N) is 1. The van der Waals surface area contributed by atoms with E-state index in [1.54, 1.807) is 14.2 Å². The fourth-order valence-corrected chi connectivity index (χ4v) is 2.48. The SMILES string of the molecule is CN=C(NCCOCc1ccccc1OC)NCC1CCCO1.I. The molecule has 1 atom stereocenters. The average molecular weight is 449 g/mol. The Morgan fingerprint density at radius 3 is 2.88 bits per heavy atom. The van der Waals surface area contributed by atoms with Crippen LogP contribution in [0.15, 0.2) is 29.3 Å². The van der Waals surface area contributed by atoms with Crippen LogP contribution in [0.1, 0.15) is 18.4 Å². The summed E-state index contributed by atoms with van der Waals surface area (Å²) in [6.45, 7) is 3.49. The molecule has 0 amide bonds. The maximum absolute atomic E-state index is 5.69. The van der Waals surface area contributed by atoms with Crippen molar-refractivity contribution in [3.8, 4) is 5.75 Å². The minimum atomic E-state index is 0. The third-order valence-corrected chi connectivity index (χ3v) is 3.73. The van der Waals surface area contributed by atoms with Crippen LogP contribution in [0.25, 0.3) is 0 Å². The highest BCUT2D eigenvalue weighted by molar-refractivity contribution is 14.0. The number of methoxy groups -OCH3 is 1. The molecule has 6 nitrogen and oxygen atoms in total. The molecular weight excluding hydrogens is 421 g/mol. The molecule has 24 heavy (non-hydrogen) atoms. The van der Waals surface area contributed by atoms with Crippen LogP contribution in [0, 0.1) is 0 Å². The molecule has 1 aromatic carbocycles. The van der Waals surface area contributed by atoms with Gasteiger partial charge in [-0.2, -0.15) is 0 Å². The number of hydrogen-bond acceptors (Lipinski definition) is 4. The lowest BCUT2D eigenvalue weighted by molar-refractivity contribution is 0.113. The van der Waals surface area contributed by atoms with Gasteiger partial charge in [-0.05, 0) is 18.9 Å². The van der Waals surface area contributed by atoms with E-state index in [9.17, 15) is 0 Å². The summed E-state index contributed by atoms with van der Waals surface area (Å²) < 4.78 is 16.6. The zero-order chi connectivity index (χ0) is 16.3. The van der Waals surface area contributed by atoms with Gasteiger partial charge in [-0.25, -0.2) is 0 Å². The van der Waals surface area contributed by atoms with Gasteiger partial charge in [-0.3, -0.25) is 4.99 Å². The van der Waals surface area contributed by atoms with Crippen LogP contribution in [0.4, 0.5) is 0 Å². The summed E-state index contributed by atoms with van der Waals surface area (Å²) >= 11 is 0. The predicted molar refractivity (Wildman–Crippen MR) is 106 cm³/mol. The third-order valence-electron chi connectivity index (χ3n) is 3.73. The monoisotopic (exact) mass is 449 g/mol. The van der Waals surface area contributed by atoms with Crippen LogP contribution in [0.3, 0.4) is 0 Å². The lowest BCUT2D eigenvalue weighted by atomic mass is 10.2. The minimum absolute atomic E-state index is 0. The van der Waals surface area contributed by atoms with Gasteiger partial charge in [-0.15, -0.1) is 24.0 Å². The van der Waals surface area contributed by atoms with E-state index in [-0.39, 0.29) is 24.0 Å². The number of aliphatic imine (C=N–C) groups is 1. The van der Waals surface area contributed by atoms with Crippen molar-refractivity contribution in [3.63, 3.8) is 0 Å². The molecule has 1 fully saturated rings. The zero-order valence-electron chi connectivity index (χ0n) is 14.4. The minimum Gasteiger partial charge on any atom is -0.496 e. The van der Waals surface area contributed by atoms with E-state index in [0.717, 1.165) is 43.3 Å². The van der Waals surface area contributed by atoms with E-state index in [4.69, 9.17) is 14.2 Å². The Kier molecular flexibility index (Phi) is 10.8. The number of para-hydroxylation sites is 1. The largest absolute Gasteiger partial charge is 0.496 e. The molecule has 1 unspecified atom stereocenters. The fraction of sp³-hybridized carbons (Fsp3) is 0.588. The molecule has 2 N–H and O–H groups in total. The smallest absolute Gasteiger partial charge is 0.191 e. The maximum atomic E-state index is 5.69.